The van der Waals surface area contributed by atoms with E-state index in [0.717, 1.165) is 0 Å². The van der Waals surface area contributed by atoms with Gasteiger partial charge in [0.2, 0.25) is 10.0 Å². The summed E-state index contributed by atoms with van der Waals surface area (Å²) in [7, 11) is -3.64. The minimum Gasteiger partial charge on any atom is -0.274 e. The highest BCUT2D eigenvalue weighted by Gasteiger charge is 2.40. The summed E-state index contributed by atoms with van der Waals surface area (Å²) in [5.41, 5.74) is 2.30. The van der Waals surface area contributed by atoms with Crippen LogP contribution < -0.4 is 5.48 Å². The summed E-state index contributed by atoms with van der Waals surface area (Å²) in [6, 6.07) is 4.45. The minimum atomic E-state index is -3.64. The van der Waals surface area contributed by atoms with E-state index < -0.39 is 15.6 Å². The number of nitrogens with zero attached hydrogens (tertiary/aromatic N) is 1. The third-order valence-corrected chi connectivity index (χ3v) is 6.41. The molecule has 0 atom stereocenters. The molecule has 0 aliphatic carbocycles. The Kier molecular flexibility index (Phi) is 3.92. The highest BCUT2D eigenvalue weighted by molar-refractivity contribution is 7.89. The molecule has 0 radical (unpaired) electrons. The first kappa shape index (κ1) is 15.1. The van der Waals surface area contributed by atoms with Gasteiger partial charge in [0.15, 0.2) is 0 Å². The summed E-state index contributed by atoms with van der Waals surface area (Å²) >= 11 is 11.9. The van der Waals surface area contributed by atoms with Crippen molar-refractivity contribution in [3.05, 3.63) is 40.5 Å². The second kappa shape index (κ2) is 5.44. The second-order valence-electron chi connectivity index (χ2n) is 5.10. The zero-order valence-electron chi connectivity index (χ0n) is 11.1. The normalized spacial score (nSPS) is 21.6. The van der Waals surface area contributed by atoms with Gasteiger partial charge >= 0.3 is 0 Å². The van der Waals surface area contributed by atoms with Crippen molar-refractivity contribution in [2.45, 2.75) is 23.3 Å². The van der Waals surface area contributed by atoms with Gasteiger partial charge in [-0.3, -0.25) is 10.3 Å². The Morgan fingerprint density at radius 2 is 1.95 bits per heavy atom. The van der Waals surface area contributed by atoms with E-state index in [1.165, 1.54) is 16.4 Å². The maximum Gasteiger partial charge on any atom is 0.244 e. The van der Waals surface area contributed by atoms with E-state index in [-0.39, 0.29) is 9.92 Å². The highest BCUT2D eigenvalue weighted by Crippen LogP contribution is 2.34. The molecular formula is C13H14Cl2N2O3S. The van der Waals surface area contributed by atoms with Gasteiger partial charge in [-0.25, -0.2) is 8.42 Å². The first-order chi connectivity index (χ1) is 9.93. The van der Waals surface area contributed by atoms with Crippen molar-refractivity contribution in [2.75, 3.05) is 13.1 Å². The van der Waals surface area contributed by atoms with Crippen LogP contribution in [0, 0.1) is 0 Å². The van der Waals surface area contributed by atoms with Crippen molar-refractivity contribution in [3.63, 3.8) is 0 Å². The topological polar surface area (TPSA) is 58.6 Å². The first-order valence-electron chi connectivity index (χ1n) is 6.49. The summed E-state index contributed by atoms with van der Waals surface area (Å²) in [5, 5.41) is 0.524. The summed E-state index contributed by atoms with van der Waals surface area (Å²) in [6.07, 6.45) is 4.85. The number of piperidine rings is 1. The Bertz CT molecular complexity index is 683. The molecule has 0 amide bonds. The van der Waals surface area contributed by atoms with Gasteiger partial charge in [0, 0.05) is 24.3 Å². The van der Waals surface area contributed by atoms with Gasteiger partial charge in [-0.15, -0.1) is 0 Å². The number of hydrogen-bond donors (Lipinski definition) is 1. The van der Waals surface area contributed by atoms with Crippen LogP contribution in [-0.2, 0) is 14.9 Å². The van der Waals surface area contributed by atoms with Crippen molar-refractivity contribution < 1.29 is 13.3 Å². The molecule has 2 aliphatic rings. The van der Waals surface area contributed by atoms with E-state index in [0.29, 0.717) is 31.0 Å². The molecule has 0 aromatic heterocycles. The van der Waals surface area contributed by atoms with E-state index in [9.17, 15) is 8.42 Å². The molecule has 0 saturated carbocycles. The van der Waals surface area contributed by atoms with Crippen LogP contribution in [0.3, 0.4) is 0 Å². The smallest absolute Gasteiger partial charge is 0.244 e. The zero-order valence-corrected chi connectivity index (χ0v) is 13.4. The molecule has 1 aromatic carbocycles. The van der Waals surface area contributed by atoms with Gasteiger partial charge in [0.25, 0.3) is 0 Å². The summed E-state index contributed by atoms with van der Waals surface area (Å²) in [4.78, 5) is 5.51. The quantitative estimate of drug-likeness (QED) is 0.892. The number of nitrogens with one attached hydrogen (secondary N) is 1. The van der Waals surface area contributed by atoms with Crippen LogP contribution in [-0.4, -0.2) is 31.4 Å². The molecule has 1 fully saturated rings. The Balaban J connectivity index is 1.83. The molecular weight excluding hydrogens is 335 g/mol. The number of sulfonamides is 1. The molecule has 1 aromatic rings. The molecule has 2 heterocycles. The van der Waals surface area contributed by atoms with E-state index in [1.54, 1.807) is 12.3 Å². The fraction of sp³-hybridized carbons (Fsp3) is 0.385. The van der Waals surface area contributed by atoms with Crippen molar-refractivity contribution >= 4 is 33.2 Å². The van der Waals surface area contributed by atoms with Gasteiger partial charge in [0.1, 0.15) is 10.5 Å². The second-order valence-corrected chi connectivity index (χ2v) is 7.85. The first-order valence-corrected chi connectivity index (χ1v) is 8.69. The summed E-state index contributed by atoms with van der Waals surface area (Å²) in [5.74, 6) is 0. The molecule has 8 heteroatoms. The van der Waals surface area contributed by atoms with Crippen molar-refractivity contribution in [1.82, 2.24) is 9.79 Å². The van der Waals surface area contributed by atoms with Crippen LogP contribution in [0.5, 0.6) is 0 Å². The van der Waals surface area contributed by atoms with E-state index in [2.05, 4.69) is 5.48 Å². The number of hydroxylamine groups is 1. The Morgan fingerprint density at radius 1 is 1.24 bits per heavy atom. The molecule has 1 spiro atoms. The van der Waals surface area contributed by atoms with Crippen molar-refractivity contribution in [2.24, 2.45) is 0 Å². The molecule has 1 N–H and O–H groups in total. The third kappa shape index (κ3) is 2.78. The zero-order chi connectivity index (χ0) is 15.1. The fourth-order valence-corrected chi connectivity index (χ4v) is 4.74. The van der Waals surface area contributed by atoms with E-state index in [4.69, 9.17) is 28.0 Å². The van der Waals surface area contributed by atoms with Gasteiger partial charge in [-0.1, -0.05) is 23.2 Å². The average molecular weight is 349 g/mol. The SMILES string of the molecule is O=S(=O)(c1cc(Cl)ccc1Cl)N1CCC2(C=CNO2)CC1. The molecule has 21 heavy (non-hydrogen) atoms. The van der Waals surface area contributed by atoms with Crippen LogP contribution in [0.1, 0.15) is 12.8 Å². The van der Waals surface area contributed by atoms with Gasteiger partial charge < -0.3 is 0 Å². The van der Waals surface area contributed by atoms with Gasteiger partial charge in [-0.2, -0.15) is 4.31 Å². The Labute approximate surface area is 133 Å². The Hall–Kier alpha value is -0.790. The predicted molar refractivity (Wildman–Crippen MR) is 80.5 cm³/mol. The monoisotopic (exact) mass is 348 g/mol. The summed E-state index contributed by atoms with van der Waals surface area (Å²) in [6.45, 7) is 0.744. The predicted octanol–water partition coefficient (Wildman–Crippen LogP) is 2.57. The van der Waals surface area contributed by atoms with E-state index >= 15 is 0 Å². The standard InChI is InChI=1S/C13H14Cl2N2O3S/c14-10-1-2-11(15)12(9-10)21(18,19)17-7-4-13(5-8-17)3-6-16-20-13/h1-3,6,9,16H,4-5,7-8H2. The lowest BCUT2D eigenvalue weighted by Gasteiger charge is -2.36. The number of benzene rings is 1. The van der Waals surface area contributed by atoms with Crippen LogP contribution in [0.25, 0.3) is 0 Å². The molecule has 3 rings (SSSR count). The van der Waals surface area contributed by atoms with Gasteiger partial charge in [0.05, 0.1) is 5.02 Å². The lowest BCUT2D eigenvalue weighted by molar-refractivity contribution is -0.0625. The molecule has 0 bridgehead atoms. The number of halogens is 2. The lowest BCUT2D eigenvalue weighted by Crippen LogP contribution is -2.46. The molecule has 2 aliphatic heterocycles. The van der Waals surface area contributed by atoms with Crippen molar-refractivity contribution in [3.8, 4) is 0 Å². The van der Waals surface area contributed by atoms with Gasteiger partial charge in [-0.05, 0) is 37.1 Å². The minimum absolute atomic E-state index is 0.0497. The van der Waals surface area contributed by atoms with Crippen LogP contribution >= 0.6 is 23.2 Å². The van der Waals surface area contributed by atoms with Crippen LogP contribution in [0.4, 0.5) is 0 Å². The Morgan fingerprint density at radius 3 is 2.57 bits per heavy atom. The van der Waals surface area contributed by atoms with Crippen molar-refractivity contribution in [1.29, 1.82) is 0 Å². The largest absolute Gasteiger partial charge is 0.274 e. The molecule has 5 nitrogen and oxygen atoms in total. The van der Waals surface area contributed by atoms with E-state index in [1.807, 2.05) is 6.08 Å². The maximum absolute atomic E-state index is 12.7. The highest BCUT2D eigenvalue weighted by atomic mass is 35.5. The average Bonchev–Trinajstić information content (AvgIpc) is 2.90. The number of rotatable bonds is 2. The number of hydrogen-bond acceptors (Lipinski definition) is 4. The lowest BCUT2D eigenvalue weighted by atomic mass is 9.93. The van der Waals surface area contributed by atoms with Crippen LogP contribution in [0.2, 0.25) is 10.0 Å². The van der Waals surface area contributed by atoms with Crippen LogP contribution in [0.15, 0.2) is 35.4 Å². The molecule has 114 valence electrons. The maximum atomic E-state index is 12.7. The fourth-order valence-electron chi connectivity index (χ4n) is 2.56. The molecule has 0 unspecified atom stereocenters. The summed E-state index contributed by atoms with van der Waals surface area (Å²) < 4.78 is 26.8. The third-order valence-electron chi connectivity index (χ3n) is 3.80. The molecule has 1 saturated heterocycles.